The Kier molecular flexibility index (Phi) is 4.71. The molecule has 0 radical (unpaired) electrons. The second-order valence-corrected chi connectivity index (χ2v) is 7.76. The van der Waals surface area contributed by atoms with E-state index in [0.29, 0.717) is 22.8 Å². The number of nitrogen functional groups attached to an aromatic ring is 1. The number of aryl methyl sites for hydroxylation is 1. The number of hydrogen-bond acceptors (Lipinski definition) is 4. The van der Waals surface area contributed by atoms with Crippen molar-refractivity contribution < 1.29 is 5.11 Å². The average molecular weight is 422 g/mol. The second kappa shape index (κ2) is 7.70. The van der Waals surface area contributed by atoms with Gasteiger partial charge < -0.3 is 15.8 Å². The van der Waals surface area contributed by atoms with Crippen LogP contribution in [-0.2, 0) is 13.5 Å². The third kappa shape index (κ3) is 3.50. The normalized spacial score (nSPS) is 11.2. The third-order valence-corrected chi connectivity index (χ3v) is 5.52. The van der Waals surface area contributed by atoms with Gasteiger partial charge >= 0.3 is 0 Å². The first kappa shape index (κ1) is 19.6. The van der Waals surface area contributed by atoms with Crippen LogP contribution in [0.4, 0.5) is 0 Å². The first-order chi connectivity index (χ1) is 15.5. The first-order valence-corrected chi connectivity index (χ1v) is 10.2. The summed E-state index contributed by atoms with van der Waals surface area (Å²) in [5.41, 5.74) is 11.9. The Bertz CT molecular complexity index is 1430. The zero-order valence-electron chi connectivity index (χ0n) is 17.5. The van der Waals surface area contributed by atoms with Crippen molar-refractivity contribution in [3.8, 4) is 28.5 Å². The molecule has 5 rings (SSSR count). The summed E-state index contributed by atoms with van der Waals surface area (Å²) in [7, 11) is 1.77. The molecule has 2 aromatic heterocycles. The summed E-state index contributed by atoms with van der Waals surface area (Å²) in [4.78, 5) is 7.79. The van der Waals surface area contributed by atoms with Crippen molar-refractivity contribution in [3.63, 3.8) is 0 Å². The summed E-state index contributed by atoms with van der Waals surface area (Å²) in [5, 5.41) is 23.1. The summed E-state index contributed by atoms with van der Waals surface area (Å²) >= 11 is 0. The van der Waals surface area contributed by atoms with Gasteiger partial charge in [0, 0.05) is 18.2 Å². The number of nitrogens with zero attached hydrogens (tertiary/aromatic N) is 3. The number of H-pyrrole nitrogens is 1. The van der Waals surface area contributed by atoms with E-state index in [-0.39, 0.29) is 11.6 Å². The fourth-order valence-corrected chi connectivity index (χ4v) is 3.87. The molecule has 0 amide bonds. The zero-order chi connectivity index (χ0) is 22.2. The Hall–Kier alpha value is -4.39. The van der Waals surface area contributed by atoms with E-state index in [9.17, 15) is 5.11 Å². The van der Waals surface area contributed by atoms with Crippen LogP contribution in [0.1, 0.15) is 16.7 Å². The van der Waals surface area contributed by atoms with E-state index >= 15 is 0 Å². The van der Waals surface area contributed by atoms with Crippen LogP contribution < -0.4 is 5.73 Å². The Morgan fingerprint density at radius 3 is 2.47 bits per heavy atom. The lowest BCUT2D eigenvalue weighted by atomic mass is 10.0. The molecule has 158 valence electrons. The van der Waals surface area contributed by atoms with E-state index in [2.05, 4.69) is 39.3 Å². The monoisotopic (exact) mass is 422 g/mol. The van der Waals surface area contributed by atoms with Gasteiger partial charge in [-0.15, -0.1) is 0 Å². The Balaban J connectivity index is 1.48. The number of rotatable bonds is 5. The highest BCUT2D eigenvalue weighted by Gasteiger charge is 2.21. The molecule has 0 aliphatic rings. The Morgan fingerprint density at radius 1 is 1.03 bits per heavy atom. The third-order valence-electron chi connectivity index (χ3n) is 5.52. The van der Waals surface area contributed by atoms with Crippen molar-refractivity contribution in [2.24, 2.45) is 12.8 Å². The summed E-state index contributed by atoms with van der Waals surface area (Å²) in [5.74, 6) is 0.554. The highest BCUT2D eigenvalue weighted by atomic mass is 16.3. The Morgan fingerprint density at radius 2 is 1.75 bits per heavy atom. The van der Waals surface area contributed by atoms with Gasteiger partial charge in [-0.3, -0.25) is 10.1 Å². The number of fused-ring (bicyclic) bond motifs is 1. The topological polar surface area (TPSA) is 117 Å². The summed E-state index contributed by atoms with van der Waals surface area (Å²) in [6, 6.07) is 23.7. The van der Waals surface area contributed by atoms with Gasteiger partial charge in [0.1, 0.15) is 17.2 Å². The minimum absolute atomic E-state index is 0.00979. The van der Waals surface area contributed by atoms with Crippen LogP contribution in [-0.4, -0.2) is 30.7 Å². The number of nitrogens with one attached hydrogen (secondary N) is 2. The summed E-state index contributed by atoms with van der Waals surface area (Å²) in [6.07, 6.45) is 0.849. The van der Waals surface area contributed by atoms with Crippen molar-refractivity contribution in [3.05, 3.63) is 89.5 Å². The highest BCUT2D eigenvalue weighted by molar-refractivity contribution is 5.98. The SMILES string of the molecule is Cn1nc(-c2ccc(Cc3ccccc3)cc2)c(O)c1-c1nc2ccc(C(=N)N)cc2[nH]1. The van der Waals surface area contributed by atoms with Crippen LogP contribution in [0.5, 0.6) is 5.75 Å². The lowest BCUT2D eigenvalue weighted by Crippen LogP contribution is -2.10. The molecule has 0 saturated carbocycles. The molecule has 0 atom stereocenters. The predicted molar refractivity (Wildman–Crippen MR) is 126 cm³/mol. The van der Waals surface area contributed by atoms with Crippen molar-refractivity contribution >= 4 is 16.9 Å². The van der Waals surface area contributed by atoms with Crippen molar-refractivity contribution in [2.45, 2.75) is 6.42 Å². The minimum Gasteiger partial charge on any atom is -0.504 e. The summed E-state index contributed by atoms with van der Waals surface area (Å²) in [6.45, 7) is 0. The van der Waals surface area contributed by atoms with Crippen LogP contribution in [0.2, 0.25) is 0 Å². The van der Waals surface area contributed by atoms with E-state index in [0.717, 1.165) is 23.0 Å². The van der Waals surface area contributed by atoms with E-state index in [4.69, 9.17) is 11.1 Å². The lowest BCUT2D eigenvalue weighted by molar-refractivity contribution is 0.478. The highest BCUT2D eigenvalue weighted by Crippen LogP contribution is 2.37. The van der Waals surface area contributed by atoms with Crippen LogP contribution in [0.15, 0.2) is 72.8 Å². The molecule has 7 heteroatoms. The number of aromatic nitrogens is 4. The lowest BCUT2D eigenvalue weighted by Gasteiger charge is -2.04. The largest absolute Gasteiger partial charge is 0.504 e. The van der Waals surface area contributed by atoms with Crippen molar-refractivity contribution in [1.82, 2.24) is 19.7 Å². The molecule has 0 bridgehead atoms. The maximum atomic E-state index is 11.0. The van der Waals surface area contributed by atoms with Crippen LogP contribution in [0.3, 0.4) is 0 Å². The summed E-state index contributed by atoms with van der Waals surface area (Å²) < 4.78 is 1.62. The van der Waals surface area contributed by atoms with Crippen LogP contribution in [0.25, 0.3) is 33.8 Å². The number of nitrogens with two attached hydrogens (primary N) is 1. The average Bonchev–Trinajstić information content (AvgIpc) is 3.34. The molecule has 2 heterocycles. The fourth-order valence-electron chi connectivity index (χ4n) is 3.87. The number of imidazole rings is 1. The first-order valence-electron chi connectivity index (χ1n) is 10.2. The van der Waals surface area contributed by atoms with E-state index in [1.54, 1.807) is 29.9 Å². The standard InChI is InChI=1S/C25H22N6O/c1-31-22(25-28-19-12-11-18(24(26)27)14-20(19)29-25)23(32)21(30-31)17-9-7-16(8-10-17)13-15-5-3-2-4-6-15/h2-12,14,32H,13H2,1H3,(H3,26,27)(H,28,29). The second-order valence-electron chi connectivity index (χ2n) is 7.76. The molecule has 0 unspecified atom stereocenters. The molecule has 32 heavy (non-hydrogen) atoms. The molecule has 7 nitrogen and oxygen atoms in total. The van der Waals surface area contributed by atoms with E-state index < -0.39 is 0 Å². The number of aromatic amines is 1. The Labute approximate surface area is 184 Å². The molecule has 0 spiro atoms. The fraction of sp³-hybridized carbons (Fsp3) is 0.0800. The predicted octanol–water partition coefficient (Wildman–Crippen LogP) is 4.21. The van der Waals surface area contributed by atoms with Gasteiger partial charge in [0.15, 0.2) is 11.6 Å². The van der Waals surface area contributed by atoms with Gasteiger partial charge in [0.05, 0.1) is 11.0 Å². The maximum Gasteiger partial charge on any atom is 0.173 e. The minimum atomic E-state index is -0.00979. The van der Waals surface area contributed by atoms with Crippen molar-refractivity contribution in [1.29, 1.82) is 5.41 Å². The van der Waals surface area contributed by atoms with E-state index in [1.807, 2.05) is 30.3 Å². The molecular formula is C25H22N6O. The van der Waals surface area contributed by atoms with Crippen LogP contribution >= 0.6 is 0 Å². The molecule has 0 saturated heterocycles. The van der Waals surface area contributed by atoms with Gasteiger partial charge in [0.25, 0.3) is 0 Å². The molecule has 3 aromatic carbocycles. The molecule has 5 aromatic rings. The van der Waals surface area contributed by atoms with Gasteiger partial charge in [0.2, 0.25) is 0 Å². The van der Waals surface area contributed by atoms with Crippen LogP contribution in [0, 0.1) is 5.41 Å². The molecule has 0 aliphatic heterocycles. The number of hydrogen-bond donors (Lipinski definition) is 4. The number of benzene rings is 3. The molecule has 0 aliphatic carbocycles. The molecular weight excluding hydrogens is 400 g/mol. The number of aromatic hydroxyl groups is 1. The maximum absolute atomic E-state index is 11.0. The van der Waals surface area contributed by atoms with E-state index in [1.165, 1.54) is 11.1 Å². The molecule has 5 N–H and O–H groups in total. The van der Waals surface area contributed by atoms with Gasteiger partial charge in [-0.05, 0) is 35.7 Å². The smallest absolute Gasteiger partial charge is 0.173 e. The van der Waals surface area contributed by atoms with Crippen molar-refractivity contribution in [2.75, 3.05) is 0 Å². The number of amidine groups is 1. The zero-order valence-corrected chi connectivity index (χ0v) is 17.5. The van der Waals surface area contributed by atoms with Gasteiger partial charge in [-0.1, -0.05) is 54.6 Å². The quantitative estimate of drug-likeness (QED) is 0.251. The molecule has 0 fully saturated rings. The van der Waals surface area contributed by atoms with Gasteiger partial charge in [-0.2, -0.15) is 5.10 Å². The van der Waals surface area contributed by atoms with Gasteiger partial charge in [-0.25, -0.2) is 4.98 Å².